The summed E-state index contributed by atoms with van der Waals surface area (Å²) in [6, 6.07) is 5.67. The zero-order valence-electron chi connectivity index (χ0n) is 10.8. The maximum atomic E-state index is 12.8. The minimum absolute atomic E-state index is 0.0477. The van der Waals surface area contributed by atoms with Crippen molar-refractivity contribution in [1.82, 2.24) is 10.2 Å². The van der Waals surface area contributed by atoms with E-state index in [1.165, 1.54) is 19.2 Å². The van der Waals surface area contributed by atoms with Gasteiger partial charge < -0.3 is 10.1 Å². The Morgan fingerprint density at radius 3 is 2.43 bits per heavy atom. The van der Waals surface area contributed by atoms with E-state index in [0.717, 1.165) is 0 Å². The first-order valence-electron chi connectivity index (χ1n) is 5.83. The Morgan fingerprint density at radius 1 is 1.24 bits per heavy atom. The molecule has 2 aromatic rings. The maximum absolute atomic E-state index is 12.8. The summed E-state index contributed by atoms with van der Waals surface area (Å²) in [6.07, 6.45) is -4.95. The highest BCUT2D eigenvalue weighted by Gasteiger charge is 2.35. The van der Waals surface area contributed by atoms with Gasteiger partial charge in [-0.3, -0.25) is 0 Å². The summed E-state index contributed by atoms with van der Waals surface area (Å²) in [5, 5.41) is 8.25. The van der Waals surface area contributed by atoms with Gasteiger partial charge in [-0.05, 0) is 17.7 Å². The number of anilines is 1. The molecule has 1 aromatic carbocycles. The number of nitrogens with zero attached hydrogens (tertiary/aromatic N) is 2. The summed E-state index contributed by atoms with van der Waals surface area (Å²) in [6.45, 7) is 0.189. The van der Waals surface area contributed by atoms with Crippen LogP contribution in [0, 0.1) is 5.82 Å². The molecule has 1 unspecified atom stereocenters. The highest BCUT2D eigenvalue weighted by atomic mass is 32.1. The van der Waals surface area contributed by atoms with E-state index in [2.05, 4.69) is 15.5 Å². The number of aromatic nitrogens is 2. The van der Waals surface area contributed by atoms with Crippen LogP contribution in [-0.4, -0.2) is 23.9 Å². The van der Waals surface area contributed by atoms with E-state index >= 15 is 0 Å². The quantitative estimate of drug-likeness (QED) is 0.856. The number of rotatable bonds is 5. The fraction of sp³-hybridized carbons (Fsp3) is 0.333. The molecule has 2 rings (SSSR count). The predicted molar refractivity (Wildman–Crippen MR) is 69.6 cm³/mol. The Kier molecular flexibility index (Phi) is 4.73. The smallest absolute Gasteiger partial charge is 0.375 e. The van der Waals surface area contributed by atoms with E-state index in [1.54, 1.807) is 12.1 Å². The van der Waals surface area contributed by atoms with E-state index in [-0.39, 0.29) is 17.5 Å². The number of halogens is 4. The second kappa shape index (κ2) is 6.35. The first-order chi connectivity index (χ1) is 9.90. The van der Waals surface area contributed by atoms with Crippen molar-refractivity contribution < 1.29 is 22.3 Å². The number of benzene rings is 1. The summed E-state index contributed by atoms with van der Waals surface area (Å²) < 4.78 is 55.2. The molecule has 9 heteroatoms. The van der Waals surface area contributed by atoms with Crippen LogP contribution >= 0.6 is 11.3 Å². The molecule has 0 bridgehead atoms. The molecule has 0 aliphatic carbocycles. The SMILES string of the molecule is COC(CNc1nnc(C(F)(F)F)s1)c1ccc(F)cc1. The molecule has 1 aromatic heterocycles. The Hall–Kier alpha value is -1.74. The minimum atomic E-state index is -4.50. The van der Waals surface area contributed by atoms with Crippen LogP contribution < -0.4 is 5.32 Å². The second-order valence-electron chi connectivity index (χ2n) is 4.07. The molecular weight excluding hydrogens is 310 g/mol. The van der Waals surface area contributed by atoms with Crippen LogP contribution in [0.5, 0.6) is 0 Å². The van der Waals surface area contributed by atoms with E-state index in [9.17, 15) is 17.6 Å². The van der Waals surface area contributed by atoms with E-state index < -0.39 is 17.3 Å². The van der Waals surface area contributed by atoms with Crippen molar-refractivity contribution in [2.24, 2.45) is 0 Å². The summed E-state index contributed by atoms with van der Waals surface area (Å²) >= 11 is 0.416. The Bertz CT molecular complexity index is 585. The molecule has 114 valence electrons. The van der Waals surface area contributed by atoms with Crippen molar-refractivity contribution in [2.45, 2.75) is 12.3 Å². The number of alkyl halides is 3. The van der Waals surface area contributed by atoms with Crippen molar-refractivity contribution in [3.63, 3.8) is 0 Å². The molecule has 0 saturated heterocycles. The normalized spacial score (nSPS) is 13.2. The monoisotopic (exact) mass is 321 g/mol. The van der Waals surface area contributed by atoms with Crippen LogP contribution in [0.1, 0.15) is 16.7 Å². The lowest BCUT2D eigenvalue weighted by Gasteiger charge is -2.15. The van der Waals surface area contributed by atoms with Crippen LogP contribution in [-0.2, 0) is 10.9 Å². The topological polar surface area (TPSA) is 47.0 Å². The van der Waals surface area contributed by atoms with Crippen LogP contribution in [0.15, 0.2) is 24.3 Å². The molecule has 1 heterocycles. The lowest BCUT2D eigenvalue weighted by Crippen LogP contribution is -2.14. The standard InChI is InChI=1S/C12H11F4N3OS/c1-20-9(7-2-4-8(13)5-3-7)6-17-11-19-18-10(21-11)12(14,15)16/h2-5,9H,6H2,1H3,(H,17,19). The van der Waals surface area contributed by atoms with Crippen LogP contribution in [0.4, 0.5) is 22.7 Å². The lowest BCUT2D eigenvalue weighted by molar-refractivity contribution is -0.138. The molecule has 0 aliphatic rings. The van der Waals surface area contributed by atoms with Crippen molar-refractivity contribution in [2.75, 3.05) is 19.0 Å². The molecule has 4 nitrogen and oxygen atoms in total. The molecule has 0 spiro atoms. The first-order valence-corrected chi connectivity index (χ1v) is 6.64. The van der Waals surface area contributed by atoms with Crippen LogP contribution in [0.3, 0.4) is 0 Å². The fourth-order valence-corrected chi connectivity index (χ4v) is 2.22. The highest BCUT2D eigenvalue weighted by Crippen LogP contribution is 2.33. The average molecular weight is 321 g/mol. The predicted octanol–water partition coefficient (Wildman–Crippen LogP) is 3.50. The largest absolute Gasteiger partial charge is 0.445 e. The molecule has 0 radical (unpaired) electrons. The third-order valence-corrected chi connectivity index (χ3v) is 3.56. The number of nitrogens with one attached hydrogen (secondary N) is 1. The van der Waals surface area contributed by atoms with Gasteiger partial charge in [0.25, 0.3) is 0 Å². The fourth-order valence-electron chi connectivity index (χ4n) is 1.60. The summed E-state index contributed by atoms with van der Waals surface area (Å²) in [5.41, 5.74) is 0.701. The van der Waals surface area contributed by atoms with E-state index in [4.69, 9.17) is 4.74 Å². The van der Waals surface area contributed by atoms with Crippen LogP contribution in [0.25, 0.3) is 0 Å². The lowest BCUT2D eigenvalue weighted by atomic mass is 10.1. The van der Waals surface area contributed by atoms with Gasteiger partial charge in [-0.15, -0.1) is 10.2 Å². The second-order valence-corrected chi connectivity index (χ2v) is 5.04. The summed E-state index contributed by atoms with van der Waals surface area (Å²) in [4.78, 5) is 0. The molecule has 0 aliphatic heterocycles. The number of hydrogen-bond acceptors (Lipinski definition) is 5. The minimum Gasteiger partial charge on any atom is -0.375 e. The third-order valence-electron chi connectivity index (χ3n) is 2.63. The van der Waals surface area contributed by atoms with Crippen molar-refractivity contribution >= 4 is 16.5 Å². The van der Waals surface area contributed by atoms with Gasteiger partial charge in [0.1, 0.15) is 5.82 Å². The summed E-state index contributed by atoms with van der Waals surface area (Å²) in [7, 11) is 1.46. The van der Waals surface area contributed by atoms with E-state index in [1.807, 2.05) is 0 Å². The van der Waals surface area contributed by atoms with Gasteiger partial charge in [0.2, 0.25) is 10.1 Å². The van der Waals surface area contributed by atoms with Gasteiger partial charge in [0.05, 0.1) is 6.10 Å². The Balaban J connectivity index is 2.00. The molecule has 0 fully saturated rings. The molecule has 1 atom stereocenters. The molecule has 1 N–H and O–H groups in total. The molecular formula is C12H11F4N3OS. The van der Waals surface area contributed by atoms with Crippen molar-refractivity contribution in [3.8, 4) is 0 Å². The molecule has 0 amide bonds. The molecule has 0 saturated carbocycles. The van der Waals surface area contributed by atoms with Crippen LogP contribution in [0.2, 0.25) is 0 Å². The van der Waals surface area contributed by atoms with Crippen molar-refractivity contribution in [1.29, 1.82) is 0 Å². The zero-order valence-corrected chi connectivity index (χ0v) is 11.6. The van der Waals surface area contributed by atoms with Gasteiger partial charge in [0, 0.05) is 13.7 Å². The maximum Gasteiger partial charge on any atom is 0.445 e. The zero-order chi connectivity index (χ0) is 15.5. The third kappa shape index (κ3) is 4.11. The van der Waals surface area contributed by atoms with Gasteiger partial charge in [0.15, 0.2) is 0 Å². The number of hydrogen-bond donors (Lipinski definition) is 1. The van der Waals surface area contributed by atoms with Gasteiger partial charge in [-0.25, -0.2) is 4.39 Å². The van der Waals surface area contributed by atoms with Gasteiger partial charge >= 0.3 is 6.18 Å². The first kappa shape index (κ1) is 15.6. The van der Waals surface area contributed by atoms with Gasteiger partial charge in [-0.1, -0.05) is 23.5 Å². The summed E-state index contributed by atoms with van der Waals surface area (Å²) in [5.74, 6) is -0.375. The molecule has 21 heavy (non-hydrogen) atoms. The average Bonchev–Trinajstić information content (AvgIpc) is 2.90. The Morgan fingerprint density at radius 2 is 1.90 bits per heavy atom. The number of methoxy groups -OCH3 is 1. The number of ether oxygens (including phenoxy) is 1. The Labute approximate surface area is 121 Å². The highest BCUT2D eigenvalue weighted by molar-refractivity contribution is 7.15. The van der Waals surface area contributed by atoms with E-state index in [0.29, 0.717) is 16.9 Å². The van der Waals surface area contributed by atoms with Crippen molar-refractivity contribution in [3.05, 3.63) is 40.7 Å². The van der Waals surface area contributed by atoms with Gasteiger partial charge in [-0.2, -0.15) is 13.2 Å².